The topological polar surface area (TPSA) is 63.7 Å². The Morgan fingerprint density at radius 1 is 1.04 bits per heavy atom. The fourth-order valence-electron chi connectivity index (χ4n) is 2.76. The first kappa shape index (κ1) is 16.5. The number of carbonyl (C=O) groups is 1. The summed E-state index contributed by atoms with van der Waals surface area (Å²) in [6, 6.07) is 17.5. The largest absolute Gasteiger partial charge is 0.484 e. The molecule has 0 aliphatic carbocycles. The van der Waals surface area contributed by atoms with E-state index in [1.54, 1.807) is 47.4 Å². The van der Waals surface area contributed by atoms with Crippen molar-refractivity contribution in [3.8, 4) is 5.75 Å². The van der Waals surface area contributed by atoms with Gasteiger partial charge in [-0.3, -0.25) is 4.79 Å². The van der Waals surface area contributed by atoms with Crippen LogP contribution in [0.5, 0.6) is 5.75 Å². The normalized spacial score (nSPS) is 17.7. The van der Waals surface area contributed by atoms with E-state index in [9.17, 15) is 13.2 Å². The number of amides is 1. The summed E-state index contributed by atoms with van der Waals surface area (Å²) in [7, 11) is -3.41. The molecule has 1 saturated heterocycles. The predicted molar refractivity (Wildman–Crippen MR) is 90.5 cm³/mol. The summed E-state index contributed by atoms with van der Waals surface area (Å²) >= 11 is 0. The van der Waals surface area contributed by atoms with E-state index in [2.05, 4.69) is 0 Å². The molecule has 2 aromatic carbocycles. The molecule has 6 heteroatoms. The summed E-state index contributed by atoms with van der Waals surface area (Å²) in [5, 5.41) is -0.555. The summed E-state index contributed by atoms with van der Waals surface area (Å²) in [4.78, 5) is 14.1. The molecule has 24 heavy (non-hydrogen) atoms. The van der Waals surface area contributed by atoms with E-state index in [1.165, 1.54) is 0 Å². The van der Waals surface area contributed by atoms with Gasteiger partial charge in [-0.25, -0.2) is 8.42 Å². The molecule has 0 N–H and O–H groups in total. The van der Waals surface area contributed by atoms with Crippen molar-refractivity contribution >= 4 is 15.7 Å². The van der Waals surface area contributed by atoms with Crippen molar-refractivity contribution in [3.63, 3.8) is 0 Å². The lowest BCUT2D eigenvalue weighted by molar-refractivity contribution is -0.132. The Hall–Kier alpha value is -2.34. The van der Waals surface area contributed by atoms with Crippen molar-refractivity contribution in [3.05, 3.63) is 60.7 Å². The van der Waals surface area contributed by atoms with E-state index < -0.39 is 15.1 Å². The fourth-order valence-corrected chi connectivity index (χ4v) is 4.48. The Labute approximate surface area is 141 Å². The molecule has 5 nitrogen and oxygen atoms in total. The molecule has 0 saturated carbocycles. The van der Waals surface area contributed by atoms with Crippen LogP contribution in [0.1, 0.15) is 6.42 Å². The maximum atomic E-state index is 12.6. The van der Waals surface area contributed by atoms with E-state index in [0.29, 0.717) is 23.6 Å². The van der Waals surface area contributed by atoms with Gasteiger partial charge in [0.05, 0.1) is 10.1 Å². The zero-order valence-electron chi connectivity index (χ0n) is 13.2. The minimum Gasteiger partial charge on any atom is -0.484 e. The highest BCUT2D eigenvalue weighted by Crippen LogP contribution is 2.24. The highest BCUT2D eigenvalue weighted by Gasteiger charge is 2.36. The third kappa shape index (κ3) is 3.59. The molecule has 0 bridgehead atoms. The van der Waals surface area contributed by atoms with Gasteiger partial charge in [-0.05, 0) is 30.7 Å². The third-order valence-electron chi connectivity index (χ3n) is 4.11. The minimum atomic E-state index is -3.41. The van der Waals surface area contributed by atoms with Crippen LogP contribution in [-0.4, -0.2) is 44.2 Å². The zero-order chi connectivity index (χ0) is 17.0. The molecule has 2 aromatic rings. The Bertz CT molecular complexity index is 790. The lowest BCUT2D eigenvalue weighted by Crippen LogP contribution is -2.35. The molecule has 1 aliphatic rings. The van der Waals surface area contributed by atoms with Crippen LogP contribution in [0.4, 0.5) is 0 Å². The van der Waals surface area contributed by atoms with Crippen LogP contribution < -0.4 is 4.74 Å². The summed E-state index contributed by atoms with van der Waals surface area (Å²) in [6.07, 6.45) is 0.453. The van der Waals surface area contributed by atoms with Gasteiger partial charge in [-0.15, -0.1) is 0 Å². The van der Waals surface area contributed by atoms with E-state index in [1.807, 2.05) is 18.2 Å². The molecule has 3 rings (SSSR count). The van der Waals surface area contributed by atoms with Crippen molar-refractivity contribution in [1.29, 1.82) is 0 Å². The average molecular weight is 345 g/mol. The summed E-state index contributed by atoms with van der Waals surface area (Å²) in [6.45, 7) is 0.573. The summed E-state index contributed by atoms with van der Waals surface area (Å²) < 4.78 is 30.7. The van der Waals surface area contributed by atoms with Gasteiger partial charge in [0, 0.05) is 13.1 Å². The van der Waals surface area contributed by atoms with Crippen LogP contribution >= 0.6 is 0 Å². The standard InChI is InChI=1S/C18H19NO4S/c20-18(14-23-15-7-3-1-4-8-15)19-12-11-17(13-19)24(21,22)16-9-5-2-6-10-16/h1-10,17H,11-14H2/t17-/m1/s1. The molecule has 1 amide bonds. The highest BCUT2D eigenvalue weighted by molar-refractivity contribution is 7.92. The Balaban J connectivity index is 1.60. The monoisotopic (exact) mass is 345 g/mol. The lowest BCUT2D eigenvalue weighted by atomic mass is 10.3. The second-order valence-electron chi connectivity index (χ2n) is 5.71. The number of benzene rings is 2. The van der Waals surface area contributed by atoms with Crippen molar-refractivity contribution < 1.29 is 17.9 Å². The average Bonchev–Trinajstić information content (AvgIpc) is 3.12. The number of nitrogens with zero attached hydrogens (tertiary/aromatic N) is 1. The maximum absolute atomic E-state index is 12.6. The van der Waals surface area contributed by atoms with Gasteiger partial charge in [0.1, 0.15) is 5.75 Å². The number of hydrogen-bond donors (Lipinski definition) is 0. The maximum Gasteiger partial charge on any atom is 0.260 e. The molecule has 126 valence electrons. The first-order valence-corrected chi connectivity index (χ1v) is 9.36. The molecule has 1 aliphatic heterocycles. The van der Waals surface area contributed by atoms with Gasteiger partial charge in [0.2, 0.25) is 0 Å². The molecule has 0 spiro atoms. The molecule has 0 unspecified atom stereocenters. The van der Waals surface area contributed by atoms with Gasteiger partial charge in [0.15, 0.2) is 16.4 Å². The van der Waals surface area contributed by atoms with Crippen LogP contribution in [-0.2, 0) is 14.6 Å². The van der Waals surface area contributed by atoms with Gasteiger partial charge < -0.3 is 9.64 Å². The minimum absolute atomic E-state index is 0.0812. The number of rotatable bonds is 5. The van der Waals surface area contributed by atoms with Gasteiger partial charge >= 0.3 is 0 Å². The van der Waals surface area contributed by atoms with Crippen molar-refractivity contribution in [2.75, 3.05) is 19.7 Å². The number of sulfone groups is 1. The molecular weight excluding hydrogens is 326 g/mol. The molecular formula is C18H19NO4S. The molecule has 1 heterocycles. The quantitative estimate of drug-likeness (QED) is 0.833. The fraction of sp³-hybridized carbons (Fsp3) is 0.278. The lowest BCUT2D eigenvalue weighted by Gasteiger charge is -2.17. The van der Waals surface area contributed by atoms with Gasteiger partial charge in [-0.2, -0.15) is 0 Å². The molecule has 0 radical (unpaired) electrons. The highest BCUT2D eigenvalue weighted by atomic mass is 32.2. The third-order valence-corrected chi connectivity index (χ3v) is 6.31. The number of likely N-dealkylation sites (tertiary alicyclic amines) is 1. The smallest absolute Gasteiger partial charge is 0.260 e. The van der Waals surface area contributed by atoms with Crippen molar-refractivity contribution in [2.45, 2.75) is 16.6 Å². The Kier molecular flexibility index (Phi) is 4.85. The van der Waals surface area contributed by atoms with E-state index in [0.717, 1.165) is 0 Å². The van der Waals surface area contributed by atoms with Crippen LogP contribution in [0, 0.1) is 0 Å². The molecule has 1 fully saturated rings. The number of carbonyl (C=O) groups excluding carboxylic acids is 1. The zero-order valence-corrected chi connectivity index (χ0v) is 14.0. The van der Waals surface area contributed by atoms with Crippen LogP contribution in [0.25, 0.3) is 0 Å². The number of hydrogen-bond acceptors (Lipinski definition) is 4. The van der Waals surface area contributed by atoms with Gasteiger partial charge in [0.25, 0.3) is 5.91 Å². The van der Waals surface area contributed by atoms with Gasteiger partial charge in [-0.1, -0.05) is 36.4 Å². The van der Waals surface area contributed by atoms with Crippen LogP contribution in [0.2, 0.25) is 0 Å². The second kappa shape index (κ2) is 7.05. The van der Waals surface area contributed by atoms with E-state index in [4.69, 9.17) is 4.74 Å². The molecule has 1 atom stereocenters. The van der Waals surface area contributed by atoms with E-state index >= 15 is 0 Å². The van der Waals surface area contributed by atoms with Crippen molar-refractivity contribution in [2.24, 2.45) is 0 Å². The first-order chi connectivity index (χ1) is 11.6. The van der Waals surface area contributed by atoms with Crippen LogP contribution in [0.15, 0.2) is 65.6 Å². The van der Waals surface area contributed by atoms with Crippen LogP contribution in [0.3, 0.4) is 0 Å². The number of ether oxygens (including phenoxy) is 1. The Morgan fingerprint density at radius 2 is 1.67 bits per heavy atom. The SMILES string of the molecule is O=C(COc1ccccc1)N1CC[C@@H](S(=O)(=O)c2ccccc2)C1. The molecule has 0 aromatic heterocycles. The summed E-state index contributed by atoms with van der Waals surface area (Å²) in [5.74, 6) is 0.433. The summed E-state index contributed by atoms with van der Waals surface area (Å²) in [5.41, 5.74) is 0. The van der Waals surface area contributed by atoms with Crippen molar-refractivity contribution in [1.82, 2.24) is 4.90 Å². The Morgan fingerprint density at radius 3 is 2.33 bits per heavy atom. The van der Waals surface area contributed by atoms with E-state index in [-0.39, 0.29) is 19.1 Å². The predicted octanol–water partition coefficient (Wildman–Crippen LogP) is 2.14. The number of para-hydroxylation sites is 1. The first-order valence-electron chi connectivity index (χ1n) is 7.82. The second-order valence-corrected chi connectivity index (χ2v) is 7.94.